The molecule has 0 bridgehead atoms. The summed E-state index contributed by atoms with van der Waals surface area (Å²) in [5.74, 6) is -0.0894. The van der Waals surface area contributed by atoms with Crippen LogP contribution in [0.25, 0.3) is 21.8 Å². The summed E-state index contributed by atoms with van der Waals surface area (Å²) in [5.41, 5.74) is 1.53. The van der Waals surface area contributed by atoms with Crippen molar-refractivity contribution in [3.63, 3.8) is 0 Å². The highest BCUT2D eigenvalue weighted by molar-refractivity contribution is 9.11. The van der Waals surface area contributed by atoms with Crippen LogP contribution in [0.3, 0.4) is 0 Å². The zero-order valence-corrected chi connectivity index (χ0v) is 16.1. The van der Waals surface area contributed by atoms with E-state index in [0.717, 1.165) is 19.7 Å². The second-order valence-electron chi connectivity index (χ2n) is 5.93. The second-order valence-corrected chi connectivity index (χ2v) is 8.48. The van der Waals surface area contributed by atoms with Crippen LogP contribution in [0.1, 0.15) is 4.88 Å². The second kappa shape index (κ2) is 7.05. The first-order valence-electron chi connectivity index (χ1n) is 8.14. The van der Waals surface area contributed by atoms with Gasteiger partial charge in [-0.1, -0.05) is 24.3 Å². The van der Waals surface area contributed by atoms with E-state index in [1.807, 2.05) is 65.2 Å². The lowest BCUT2D eigenvalue weighted by Crippen LogP contribution is -2.27. The monoisotopic (exact) mass is 426 g/mol. The van der Waals surface area contributed by atoms with E-state index in [4.69, 9.17) is 0 Å². The number of benzene rings is 2. The van der Waals surface area contributed by atoms with Crippen molar-refractivity contribution in [2.75, 3.05) is 0 Å². The number of para-hydroxylation sites is 2. The minimum absolute atomic E-state index is 0.00343. The van der Waals surface area contributed by atoms with Crippen LogP contribution in [-0.2, 0) is 17.9 Å². The Morgan fingerprint density at radius 3 is 2.15 bits per heavy atom. The SMILES string of the molecule is O=C(Cn1c2ccccc2c(=O)c2ccccc21)NCc1ccc(Br)s1. The molecule has 0 unspecified atom stereocenters. The molecule has 4 aromatic rings. The Kier molecular flexibility index (Phi) is 4.61. The first-order valence-corrected chi connectivity index (χ1v) is 9.75. The van der Waals surface area contributed by atoms with E-state index in [1.165, 1.54) is 0 Å². The minimum Gasteiger partial charge on any atom is -0.350 e. The van der Waals surface area contributed by atoms with Crippen LogP contribution in [0.15, 0.2) is 69.2 Å². The molecule has 2 aromatic heterocycles. The number of fused-ring (bicyclic) bond motifs is 2. The lowest BCUT2D eigenvalue weighted by Gasteiger charge is -2.15. The Balaban J connectivity index is 1.71. The number of carbonyl (C=O) groups is 1. The van der Waals surface area contributed by atoms with Crippen LogP contribution < -0.4 is 10.7 Å². The summed E-state index contributed by atoms with van der Waals surface area (Å²) in [4.78, 5) is 26.4. The van der Waals surface area contributed by atoms with Gasteiger partial charge in [0, 0.05) is 15.6 Å². The van der Waals surface area contributed by atoms with Crippen LogP contribution in [0.2, 0.25) is 0 Å². The van der Waals surface area contributed by atoms with Gasteiger partial charge in [-0.15, -0.1) is 11.3 Å². The van der Waals surface area contributed by atoms with Crippen molar-refractivity contribution in [2.45, 2.75) is 13.1 Å². The Bertz CT molecular complexity index is 1120. The molecule has 6 heteroatoms. The van der Waals surface area contributed by atoms with Crippen molar-refractivity contribution in [1.29, 1.82) is 0 Å². The summed E-state index contributed by atoms with van der Waals surface area (Å²) in [6.45, 7) is 0.652. The van der Waals surface area contributed by atoms with Gasteiger partial charge >= 0.3 is 0 Å². The summed E-state index contributed by atoms with van der Waals surface area (Å²) in [7, 11) is 0. The average molecular weight is 427 g/mol. The van der Waals surface area contributed by atoms with E-state index >= 15 is 0 Å². The number of halogens is 1. The Morgan fingerprint density at radius 2 is 1.58 bits per heavy atom. The predicted molar refractivity (Wildman–Crippen MR) is 110 cm³/mol. The Labute approximate surface area is 162 Å². The van der Waals surface area contributed by atoms with Gasteiger partial charge in [-0.25, -0.2) is 0 Å². The number of hydrogen-bond acceptors (Lipinski definition) is 3. The molecule has 0 fully saturated rings. The molecule has 1 N–H and O–H groups in total. The van der Waals surface area contributed by atoms with E-state index in [2.05, 4.69) is 21.2 Å². The maximum absolute atomic E-state index is 12.7. The number of rotatable bonds is 4. The molecule has 2 heterocycles. The molecule has 0 saturated heterocycles. The van der Waals surface area contributed by atoms with Gasteiger partial charge in [-0.2, -0.15) is 0 Å². The largest absolute Gasteiger partial charge is 0.350 e. The summed E-state index contributed by atoms with van der Waals surface area (Å²) in [6, 6.07) is 18.8. The number of aromatic nitrogens is 1. The summed E-state index contributed by atoms with van der Waals surface area (Å²) in [5, 5.41) is 4.21. The number of thiophene rings is 1. The van der Waals surface area contributed by atoms with Gasteiger partial charge in [-0.05, 0) is 52.3 Å². The number of nitrogens with one attached hydrogen (secondary N) is 1. The zero-order valence-electron chi connectivity index (χ0n) is 13.7. The summed E-state index contributed by atoms with van der Waals surface area (Å²) < 4.78 is 2.95. The van der Waals surface area contributed by atoms with Gasteiger partial charge in [-0.3, -0.25) is 9.59 Å². The smallest absolute Gasteiger partial charge is 0.240 e. The standard InChI is InChI=1S/C20H15BrN2O2S/c21-18-10-9-13(26-18)11-22-19(24)12-23-16-7-3-1-5-14(16)20(25)15-6-2-4-8-17(15)23/h1-10H,11-12H2,(H,22,24). The fraction of sp³-hybridized carbons (Fsp3) is 0.100. The third-order valence-electron chi connectivity index (χ3n) is 4.27. The van der Waals surface area contributed by atoms with E-state index < -0.39 is 0 Å². The molecule has 130 valence electrons. The van der Waals surface area contributed by atoms with E-state index in [1.54, 1.807) is 11.3 Å². The van der Waals surface area contributed by atoms with Gasteiger partial charge in [0.2, 0.25) is 5.91 Å². The molecule has 4 nitrogen and oxygen atoms in total. The normalized spacial score (nSPS) is 11.1. The molecule has 0 aliphatic rings. The van der Waals surface area contributed by atoms with E-state index in [-0.39, 0.29) is 17.9 Å². The molecule has 0 aliphatic carbocycles. The van der Waals surface area contributed by atoms with Crippen LogP contribution >= 0.6 is 27.3 Å². The number of hydrogen-bond donors (Lipinski definition) is 1. The van der Waals surface area contributed by atoms with Crippen LogP contribution in [0.4, 0.5) is 0 Å². The minimum atomic E-state index is -0.0894. The topological polar surface area (TPSA) is 51.1 Å². The predicted octanol–water partition coefficient (Wildman–Crippen LogP) is 4.30. The van der Waals surface area contributed by atoms with E-state index in [9.17, 15) is 9.59 Å². The summed E-state index contributed by atoms with van der Waals surface area (Å²) in [6.07, 6.45) is 0. The fourth-order valence-corrected chi connectivity index (χ4v) is 4.50. The molecule has 0 atom stereocenters. The summed E-state index contributed by atoms with van der Waals surface area (Å²) >= 11 is 5.02. The third-order valence-corrected chi connectivity index (χ3v) is 5.89. The number of nitrogens with zero attached hydrogens (tertiary/aromatic N) is 1. The lowest BCUT2D eigenvalue weighted by atomic mass is 10.1. The quantitative estimate of drug-likeness (QED) is 0.494. The van der Waals surface area contributed by atoms with Gasteiger partial charge in [0.25, 0.3) is 0 Å². The maximum atomic E-state index is 12.7. The average Bonchev–Trinajstić information content (AvgIpc) is 3.09. The molecule has 0 radical (unpaired) electrons. The number of amides is 1. The first-order chi connectivity index (χ1) is 12.6. The fourth-order valence-electron chi connectivity index (χ4n) is 3.08. The van der Waals surface area contributed by atoms with Gasteiger partial charge in [0.15, 0.2) is 5.43 Å². The zero-order chi connectivity index (χ0) is 18.1. The first kappa shape index (κ1) is 17.0. The Hall–Kier alpha value is -2.44. The van der Waals surface area contributed by atoms with Gasteiger partial charge < -0.3 is 9.88 Å². The van der Waals surface area contributed by atoms with Crippen molar-refractivity contribution in [1.82, 2.24) is 9.88 Å². The van der Waals surface area contributed by atoms with Gasteiger partial charge in [0.05, 0.1) is 21.4 Å². The van der Waals surface area contributed by atoms with Crippen molar-refractivity contribution < 1.29 is 4.79 Å². The molecule has 2 aromatic carbocycles. The molecular formula is C20H15BrN2O2S. The van der Waals surface area contributed by atoms with Crippen molar-refractivity contribution in [3.8, 4) is 0 Å². The number of pyridine rings is 1. The maximum Gasteiger partial charge on any atom is 0.240 e. The van der Waals surface area contributed by atoms with Crippen molar-refractivity contribution in [3.05, 3.63) is 79.6 Å². The molecule has 26 heavy (non-hydrogen) atoms. The van der Waals surface area contributed by atoms with E-state index in [0.29, 0.717) is 17.3 Å². The molecule has 4 rings (SSSR count). The molecule has 0 spiro atoms. The molecule has 0 saturated carbocycles. The Morgan fingerprint density at radius 1 is 0.962 bits per heavy atom. The highest BCUT2D eigenvalue weighted by atomic mass is 79.9. The van der Waals surface area contributed by atoms with Crippen LogP contribution in [0.5, 0.6) is 0 Å². The highest BCUT2D eigenvalue weighted by Crippen LogP contribution is 2.22. The highest BCUT2D eigenvalue weighted by Gasteiger charge is 2.12. The van der Waals surface area contributed by atoms with Crippen molar-refractivity contribution in [2.24, 2.45) is 0 Å². The molecular weight excluding hydrogens is 412 g/mol. The van der Waals surface area contributed by atoms with Crippen LogP contribution in [-0.4, -0.2) is 10.5 Å². The number of carbonyl (C=O) groups excluding carboxylic acids is 1. The molecule has 1 amide bonds. The van der Waals surface area contributed by atoms with Crippen LogP contribution in [0, 0.1) is 0 Å². The van der Waals surface area contributed by atoms with Crippen molar-refractivity contribution >= 4 is 55.0 Å². The molecule has 0 aliphatic heterocycles. The third kappa shape index (κ3) is 3.18. The van der Waals surface area contributed by atoms with Gasteiger partial charge in [0.1, 0.15) is 6.54 Å². The lowest BCUT2D eigenvalue weighted by molar-refractivity contribution is -0.121.